The minimum absolute atomic E-state index is 0.0259. The van der Waals surface area contributed by atoms with Crippen LogP contribution in [0.25, 0.3) is 17.4 Å². The van der Waals surface area contributed by atoms with Gasteiger partial charge in [-0.25, -0.2) is 4.39 Å². The standard InChI is InChI=1S/C22H19FN2O4/c1-15(16-6-5-7-17(14-16)25(27)28)24(2)22(26)13-11-18-10-12-21(29-18)19-8-3-4-9-20(19)23/h3-15H,1-2H3. The highest BCUT2D eigenvalue weighted by atomic mass is 19.1. The predicted molar refractivity (Wildman–Crippen MR) is 107 cm³/mol. The van der Waals surface area contributed by atoms with Crippen LogP contribution in [0.1, 0.15) is 24.3 Å². The average molecular weight is 394 g/mol. The van der Waals surface area contributed by atoms with E-state index in [-0.39, 0.29) is 23.5 Å². The summed E-state index contributed by atoms with van der Waals surface area (Å²) in [4.78, 5) is 24.4. The van der Waals surface area contributed by atoms with Gasteiger partial charge in [-0.2, -0.15) is 0 Å². The van der Waals surface area contributed by atoms with Crippen LogP contribution in [0.4, 0.5) is 10.1 Å². The zero-order valence-electron chi connectivity index (χ0n) is 15.9. The number of benzene rings is 2. The minimum atomic E-state index is -0.470. The van der Waals surface area contributed by atoms with E-state index in [1.54, 1.807) is 56.4 Å². The fourth-order valence-corrected chi connectivity index (χ4v) is 2.83. The molecule has 1 atom stereocenters. The van der Waals surface area contributed by atoms with Crippen LogP contribution >= 0.6 is 0 Å². The summed E-state index contributed by atoms with van der Waals surface area (Å²) >= 11 is 0. The summed E-state index contributed by atoms with van der Waals surface area (Å²) in [6.07, 6.45) is 2.85. The molecular formula is C22H19FN2O4. The Hall–Kier alpha value is -3.74. The number of amides is 1. The molecule has 0 aliphatic carbocycles. The van der Waals surface area contributed by atoms with Crippen molar-refractivity contribution in [3.05, 3.63) is 94.0 Å². The fraction of sp³-hybridized carbons (Fsp3) is 0.136. The lowest BCUT2D eigenvalue weighted by molar-refractivity contribution is -0.384. The van der Waals surface area contributed by atoms with E-state index in [1.807, 2.05) is 0 Å². The van der Waals surface area contributed by atoms with Gasteiger partial charge in [0.05, 0.1) is 16.5 Å². The van der Waals surface area contributed by atoms with E-state index < -0.39 is 4.92 Å². The number of nitro benzene ring substituents is 1. The van der Waals surface area contributed by atoms with Crippen LogP contribution in [0, 0.1) is 15.9 Å². The van der Waals surface area contributed by atoms with Crippen molar-refractivity contribution in [1.82, 2.24) is 4.90 Å². The van der Waals surface area contributed by atoms with E-state index in [2.05, 4.69) is 0 Å². The molecular weight excluding hydrogens is 375 g/mol. The number of nitro groups is 1. The molecule has 0 spiro atoms. The summed E-state index contributed by atoms with van der Waals surface area (Å²) in [5, 5.41) is 10.9. The van der Waals surface area contributed by atoms with Crippen molar-refractivity contribution in [3.8, 4) is 11.3 Å². The molecule has 0 radical (unpaired) electrons. The lowest BCUT2D eigenvalue weighted by Gasteiger charge is -2.24. The molecule has 0 fully saturated rings. The molecule has 29 heavy (non-hydrogen) atoms. The summed E-state index contributed by atoms with van der Waals surface area (Å²) in [6, 6.07) is 15.4. The highest BCUT2D eigenvalue weighted by molar-refractivity contribution is 5.91. The molecule has 2 aromatic carbocycles. The Kier molecular flexibility index (Phi) is 5.87. The largest absolute Gasteiger partial charge is 0.457 e. The van der Waals surface area contributed by atoms with Gasteiger partial charge in [0, 0.05) is 25.3 Å². The molecule has 6 nitrogen and oxygen atoms in total. The number of halogens is 1. The van der Waals surface area contributed by atoms with Crippen LogP contribution in [-0.4, -0.2) is 22.8 Å². The molecule has 0 saturated heterocycles. The number of furan rings is 1. The fourth-order valence-electron chi connectivity index (χ4n) is 2.83. The maximum atomic E-state index is 13.9. The Labute approximate surface area is 167 Å². The topological polar surface area (TPSA) is 76.6 Å². The van der Waals surface area contributed by atoms with Gasteiger partial charge in [0.25, 0.3) is 5.69 Å². The number of carbonyl (C=O) groups is 1. The van der Waals surface area contributed by atoms with E-state index >= 15 is 0 Å². The first-order valence-corrected chi connectivity index (χ1v) is 8.91. The first-order chi connectivity index (χ1) is 13.9. The van der Waals surface area contributed by atoms with Crippen LogP contribution < -0.4 is 0 Å². The van der Waals surface area contributed by atoms with E-state index in [4.69, 9.17) is 4.42 Å². The van der Waals surface area contributed by atoms with Crippen molar-refractivity contribution in [3.63, 3.8) is 0 Å². The summed E-state index contributed by atoms with van der Waals surface area (Å²) < 4.78 is 19.4. The number of rotatable bonds is 6. The maximum absolute atomic E-state index is 13.9. The minimum Gasteiger partial charge on any atom is -0.457 e. The van der Waals surface area contributed by atoms with Crippen LogP contribution in [-0.2, 0) is 4.79 Å². The van der Waals surface area contributed by atoms with Crippen molar-refractivity contribution >= 4 is 17.7 Å². The van der Waals surface area contributed by atoms with Crippen molar-refractivity contribution in [2.45, 2.75) is 13.0 Å². The number of hydrogen-bond donors (Lipinski definition) is 0. The van der Waals surface area contributed by atoms with Crippen molar-refractivity contribution < 1.29 is 18.5 Å². The first kappa shape index (κ1) is 20.0. The highest BCUT2D eigenvalue weighted by Gasteiger charge is 2.18. The molecule has 0 aliphatic heterocycles. The summed E-state index contributed by atoms with van der Waals surface area (Å²) in [6.45, 7) is 1.79. The molecule has 1 heterocycles. The van der Waals surface area contributed by atoms with Gasteiger partial charge in [-0.05, 0) is 42.8 Å². The van der Waals surface area contributed by atoms with E-state index in [9.17, 15) is 19.3 Å². The first-order valence-electron chi connectivity index (χ1n) is 8.91. The van der Waals surface area contributed by atoms with Crippen LogP contribution in [0.2, 0.25) is 0 Å². The van der Waals surface area contributed by atoms with E-state index in [1.165, 1.54) is 35.3 Å². The van der Waals surface area contributed by atoms with Gasteiger partial charge in [0.1, 0.15) is 17.3 Å². The van der Waals surface area contributed by atoms with Gasteiger partial charge in [0.2, 0.25) is 5.91 Å². The molecule has 0 bridgehead atoms. The SMILES string of the molecule is CC(c1cccc([N+](=O)[O-])c1)N(C)C(=O)C=Cc1ccc(-c2ccccc2F)o1. The maximum Gasteiger partial charge on any atom is 0.269 e. The second-order valence-electron chi connectivity index (χ2n) is 6.49. The lowest BCUT2D eigenvalue weighted by Crippen LogP contribution is -2.28. The molecule has 1 amide bonds. The van der Waals surface area contributed by atoms with Gasteiger partial charge in [-0.15, -0.1) is 0 Å². The smallest absolute Gasteiger partial charge is 0.269 e. The highest BCUT2D eigenvalue weighted by Crippen LogP contribution is 2.26. The number of likely N-dealkylation sites (N-methyl/N-ethyl adjacent to an activating group) is 1. The summed E-state index contributed by atoms with van der Waals surface area (Å²) in [7, 11) is 1.61. The number of carbonyl (C=O) groups excluding carboxylic acids is 1. The second-order valence-corrected chi connectivity index (χ2v) is 6.49. The predicted octanol–water partition coefficient (Wildman–Crippen LogP) is 5.23. The normalized spacial score (nSPS) is 12.1. The Bertz CT molecular complexity index is 1070. The Morgan fingerprint density at radius 3 is 2.66 bits per heavy atom. The van der Waals surface area contributed by atoms with E-state index in [0.29, 0.717) is 22.6 Å². The number of non-ortho nitro benzene ring substituents is 1. The van der Waals surface area contributed by atoms with Crippen LogP contribution in [0.15, 0.2) is 71.2 Å². The lowest BCUT2D eigenvalue weighted by atomic mass is 10.1. The quantitative estimate of drug-likeness (QED) is 0.326. The van der Waals surface area contributed by atoms with Crippen molar-refractivity contribution in [1.29, 1.82) is 0 Å². The number of hydrogen-bond acceptors (Lipinski definition) is 4. The monoisotopic (exact) mass is 394 g/mol. The molecule has 3 rings (SSSR count). The molecule has 1 aromatic heterocycles. The van der Waals surface area contributed by atoms with Gasteiger partial charge < -0.3 is 9.32 Å². The zero-order valence-corrected chi connectivity index (χ0v) is 15.9. The van der Waals surface area contributed by atoms with Gasteiger partial charge in [-0.1, -0.05) is 24.3 Å². The van der Waals surface area contributed by atoms with E-state index in [0.717, 1.165) is 0 Å². The van der Waals surface area contributed by atoms with Crippen molar-refractivity contribution in [2.24, 2.45) is 0 Å². The Balaban J connectivity index is 1.71. The van der Waals surface area contributed by atoms with Crippen LogP contribution in [0.5, 0.6) is 0 Å². The molecule has 3 aromatic rings. The summed E-state index contributed by atoms with van der Waals surface area (Å²) in [5.41, 5.74) is 0.972. The molecule has 0 aliphatic rings. The molecule has 0 N–H and O–H groups in total. The molecule has 1 unspecified atom stereocenters. The summed E-state index contributed by atoms with van der Waals surface area (Å²) in [5.74, 6) is 0.0911. The Morgan fingerprint density at radius 1 is 1.17 bits per heavy atom. The molecule has 7 heteroatoms. The van der Waals surface area contributed by atoms with Crippen LogP contribution in [0.3, 0.4) is 0 Å². The van der Waals surface area contributed by atoms with Crippen molar-refractivity contribution in [2.75, 3.05) is 7.05 Å². The number of nitrogens with zero attached hydrogens (tertiary/aromatic N) is 2. The third-order valence-electron chi connectivity index (χ3n) is 4.65. The van der Waals surface area contributed by atoms with Gasteiger partial charge in [0.15, 0.2) is 0 Å². The molecule has 148 valence electrons. The van der Waals surface area contributed by atoms with Gasteiger partial charge >= 0.3 is 0 Å². The third kappa shape index (κ3) is 4.57. The molecule has 0 saturated carbocycles. The Morgan fingerprint density at radius 2 is 1.93 bits per heavy atom. The second kappa shape index (κ2) is 8.52. The van der Waals surface area contributed by atoms with Gasteiger partial charge in [-0.3, -0.25) is 14.9 Å². The zero-order chi connectivity index (χ0) is 21.0. The average Bonchev–Trinajstić information content (AvgIpc) is 3.20. The third-order valence-corrected chi connectivity index (χ3v) is 4.65.